The number of benzene rings is 3. The van der Waals surface area contributed by atoms with Gasteiger partial charge in [0.25, 0.3) is 0 Å². The maximum Gasteiger partial charge on any atom is 0.161 e. The highest BCUT2D eigenvalue weighted by atomic mass is 35.5. The van der Waals surface area contributed by atoms with Crippen LogP contribution in [-0.2, 0) is 6.61 Å². The van der Waals surface area contributed by atoms with Crippen LogP contribution in [0.5, 0.6) is 11.5 Å². The molecule has 3 aromatic carbocycles. The molecule has 0 bridgehead atoms. The molecule has 3 aromatic rings. The summed E-state index contributed by atoms with van der Waals surface area (Å²) in [5.41, 5.74) is 5.62. The number of nitrogens with one attached hydrogen (secondary N) is 1. The van der Waals surface area contributed by atoms with Crippen molar-refractivity contribution in [3.05, 3.63) is 87.9 Å². The van der Waals surface area contributed by atoms with Crippen LogP contribution in [0.4, 0.5) is 5.69 Å². The lowest BCUT2D eigenvalue weighted by molar-refractivity contribution is 0.284. The van der Waals surface area contributed by atoms with Gasteiger partial charge in [0.05, 0.1) is 19.0 Å². The average molecular weight is 401 g/mol. The Kier molecular flexibility index (Phi) is 6.58. The topological polar surface area (TPSA) is 42.8 Å². The lowest BCUT2D eigenvalue weighted by Crippen LogP contribution is -1.99. The molecule has 0 aliphatic carbocycles. The quantitative estimate of drug-likeness (QED) is 0.389. The van der Waals surface area contributed by atoms with Crippen LogP contribution >= 0.6 is 23.2 Å². The number of anilines is 1. The summed E-state index contributed by atoms with van der Waals surface area (Å²) in [5, 5.41) is 5.39. The van der Waals surface area contributed by atoms with E-state index in [0.717, 1.165) is 16.8 Å². The first kappa shape index (κ1) is 19.1. The summed E-state index contributed by atoms with van der Waals surface area (Å²) >= 11 is 12.1. The maximum absolute atomic E-state index is 6.18. The molecule has 0 atom stereocenters. The van der Waals surface area contributed by atoms with Crippen LogP contribution in [0.25, 0.3) is 0 Å². The number of rotatable bonds is 7. The molecule has 6 heteroatoms. The zero-order chi connectivity index (χ0) is 19.1. The lowest BCUT2D eigenvalue weighted by Gasteiger charge is -2.12. The Morgan fingerprint density at radius 3 is 2.52 bits per heavy atom. The van der Waals surface area contributed by atoms with Crippen molar-refractivity contribution in [1.29, 1.82) is 0 Å². The fourth-order valence-electron chi connectivity index (χ4n) is 2.37. The highest BCUT2D eigenvalue weighted by molar-refractivity contribution is 6.35. The van der Waals surface area contributed by atoms with Gasteiger partial charge in [0.2, 0.25) is 0 Å². The Balaban J connectivity index is 1.66. The molecule has 0 fully saturated rings. The number of ether oxygens (including phenoxy) is 2. The van der Waals surface area contributed by atoms with Crippen molar-refractivity contribution >= 4 is 35.1 Å². The minimum atomic E-state index is 0.315. The predicted octanol–water partition coefficient (Wildman–Crippen LogP) is 6.03. The van der Waals surface area contributed by atoms with Crippen LogP contribution in [0.3, 0.4) is 0 Å². The Morgan fingerprint density at radius 1 is 0.963 bits per heavy atom. The summed E-state index contributed by atoms with van der Waals surface area (Å²) < 4.78 is 11.3. The third-order valence-electron chi connectivity index (χ3n) is 3.77. The van der Waals surface area contributed by atoms with Gasteiger partial charge in [0.1, 0.15) is 6.61 Å². The standard InChI is InChI=1S/C21H18Cl2N2O2/c1-26-21-11-15(13-24-25-18-5-3-2-4-6-18)7-10-20(21)27-14-16-8-9-17(22)12-19(16)23/h2-13,25H,14H2,1H3/b24-13+. The summed E-state index contributed by atoms with van der Waals surface area (Å²) in [7, 11) is 1.60. The van der Waals surface area contributed by atoms with Crippen LogP contribution in [-0.4, -0.2) is 13.3 Å². The monoisotopic (exact) mass is 400 g/mol. The van der Waals surface area contributed by atoms with E-state index in [-0.39, 0.29) is 0 Å². The molecule has 1 N–H and O–H groups in total. The van der Waals surface area contributed by atoms with E-state index in [2.05, 4.69) is 10.5 Å². The van der Waals surface area contributed by atoms with Crippen LogP contribution < -0.4 is 14.9 Å². The molecule has 27 heavy (non-hydrogen) atoms. The zero-order valence-electron chi connectivity index (χ0n) is 14.7. The highest BCUT2D eigenvalue weighted by Gasteiger charge is 2.08. The fraction of sp³-hybridized carbons (Fsp3) is 0.0952. The van der Waals surface area contributed by atoms with E-state index in [1.54, 1.807) is 25.5 Å². The van der Waals surface area contributed by atoms with E-state index in [0.29, 0.717) is 28.2 Å². The van der Waals surface area contributed by atoms with E-state index in [9.17, 15) is 0 Å². The Bertz CT molecular complexity index is 931. The van der Waals surface area contributed by atoms with Crippen LogP contribution in [0.2, 0.25) is 10.0 Å². The van der Waals surface area contributed by atoms with E-state index < -0.39 is 0 Å². The summed E-state index contributed by atoms with van der Waals surface area (Å²) in [6.07, 6.45) is 1.72. The second-order valence-electron chi connectivity index (χ2n) is 5.67. The molecule has 0 aliphatic rings. The molecule has 0 saturated heterocycles. The molecule has 0 aliphatic heterocycles. The largest absolute Gasteiger partial charge is 0.493 e. The molecule has 4 nitrogen and oxygen atoms in total. The van der Waals surface area contributed by atoms with Gasteiger partial charge in [0.15, 0.2) is 11.5 Å². The second kappa shape index (κ2) is 9.31. The Labute approximate surface area is 168 Å². The number of halogens is 2. The van der Waals surface area contributed by atoms with E-state index in [1.807, 2.05) is 54.6 Å². The SMILES string of the molecule is COc1cc(/C=N/Nc2ccccc2)ccc1OCc1ccc(Cl)cc1Cl. The molecule has 0 radical (unpaired) electrons. The predicted molar refractivity (Wildman–Crippen MR) is 111 cm³/mol. The first-order chi connectivity index (χ1) is 13.2. The Morgan fingerprint density at radius 2 is 1.78 bits per heavy atom. The van der Waals surface area contributed by atoms with Gasteiger partial charge in [-0.3, -0.25) is 5.43 Å². The third kappa shape index (κ3) is 5.39. The van der Waals surface area contributed by atoms with Gasteiger partial charge in [-0.25, -0.2) is 0 Å². The second-order valence-corrected chi connectivity index (χ2v) is 6.51. The number of methoxy groups -OCH3 is 1. The van der Waals surface area contributed by atoms with Crippen LogP contribution in [0.15, 0.2) is 71.8 Å². The number of hydrogen-bond donors (Lipinski definition) is 1. The van der Waals surface area contributed by atoms with Crippen molar-refractivity contribution in [3.8, 4) is 11.5 Å². The molecule has 0 saturated carbocycles. The van der Waals surface area contributed by atoms with Gasteiger partial charge in [0, 0.05) is 15.6 Å². The molecular weight excluding hydrogens is 383 g/mol. The molecule has 0 heterocycles. The van der Waals surface area contributed by atoms with Gasteiger partial charge >= 0.3 is 0 Å². The fourth-order valence-corrected chi connectivity index (χ4v) is 2.84. The molecule has 138 valence electrons. The summed E-state index contributed by atoms with van der Waals surface area (Å²) in [5.74, 6) is 1.24. The van der Waals surface area contributed by atoms with Gasteiger partial charge in [-0.15, -0.1) is 0 Å². The van der Waals surface area contributed by atoms with Crippen molar-refractivity contribution in [1.82, 2.24) is 0 Å². The average Bonchev–Trinajstić information content (AvgIpc) is 2.68. The van der Waals surface area contributed by atoms with Crippen molar-refractivity contribution < 1.29 is 9.47 Å². The van der Waals surface area contributed by atoms with Crippen molar-refractivity contribution in [2.45, 2.75) is 6.61 Å². The van der Waals surface area contributed by atoms with Crippen molar-refractivity contribution in [2.24, 2.45) is 5.10 Å². The van der Waals surface area contributed by atoms with Crippen LogP contribution in [0, 0.1) is 0 Å². The molecule has 0 amide bonds. The number of hydrazone groups is 1. The minimum absolute atomic E-state index is 0.315. The number of nitrogens with zero attached hydrogens (tertiary/aromatic N) is 1. The smallest absolute Gasteiger partial charge is 0.161 e. The number of hydrogen-bond acceptors (Lipinski definition) is 4. The first-order valence-electron chi connectivity index (χ1n) is 8.24. The summed E-state index contributed by atoms with van der Waals surface area (Å²) in [6.45, 7) is 0.315. The molecule has 3 rings (SSSR count). The minimum Gasteiger partial charge on any atom is -0.493 e. The van der Waals surface area contributed by atoms with Crippen molar-refractivity contribution in [3.63, 3.8) is 0 Å². The molecular formula is C21H18Cl2N2O2. The summed E-state index contributed by atoms with van der Waals surface area (Å²) in [4.78, 5) is 0. The molecule has 0 spiro atoms. The third-order valence-corrected chi connectivity index (χ3v) is 4.35. The number of para-hydroxylation sites is 1. The van der Waals surface area contributed by atoms with Crippen LogP contribution in [0.1, 0.15) is 11.1 Å². The first-order valence-corrected chi connectivity index (χ1v) is 9.00. The van der Waals surface area contributed by atoms with E-state index >= 15 is 0 Å². The van der Waals surface area contributed by atoms with Gasteiger partial charge in [-0.2, -0.15) is 5.10 Å². The molecule has 0 unspecified atom stereocenters. The van der Waals surface area contributed by atoms with Crippen molar-refractivity contribution in [2.75, 3.05) is 12.5 Å². The Hall–Kier alpha value is -2.69. The van der Waals surface area contributed by atoms with Gasteiger partial charge in [-0.1, -0.05) is 47.5 Å². The van der Waals surface area contributed by atoms with E-state index in [1.165, 1.54) is 0 Å². The highest BCUT2D eigenvalue weighted by Crippen LogP contribution is 2.29. The normalized spacial score (nSPS) is 10.8. The zero-order valence-corrected chi connectivity index (χ0v) is 16.2. The molecule has 0 aromatic heterocycles. The maximum atomic E-state index is 6.18. The van der Waals surface area contributed by atoms with E-state index in [4.69, 9.17) is 32.7 Å². The summed E-state index contributed by atoms with van der Waals surface area (Å²) in [6, 6.07) is 20.6. The van der Waals surface area contributed by atoms with Gasteiger partial charge < -0.3 is 9.47 Å². The van der Waals surface area contributed by atoms with Gasteiger partial charge in [-0.05, 0) is 48.0 Å². The lowest BCUT2D eigenvalue weighted by atomic mass is 10.2.